The number of benzene rings is 1. The molecule has 2 aliphatic carbocycles. The van der Waals surface area contributed by atoms with E-state index in [1.165, 1.54) is 0 Å². The lowest BCUT2D eigenvalue weighted by Crippen LogP contribution is -2.20. The molecule has 0 aliphatic heterocycles. The third-order valence-electron chi connectivity index (χ3n) is 4.52. The fourth-order valence-corrected chi connectivity index (χ4v) is 3.61. The van der Waals surface area contributed by atoms with Gasteiger partial charge in [-0.25, -0.2) is 9.18 Å². The average Bonchev–Trinajstić information content (AvgIpc) is 3.13. The van der Waals surface area contributed by atoms with Crippen LogP contribution in [-0.4, -0.2) is 17.7 Å². The van der Waals surface area contributed by atoms with E-state index in [1.54, 1.807) is 13.0 Å². The molecule has 1 heterocycles. The maximum absolute atomic E-state index is 14.6. The number of halogens is 2. The largest absolute Gasteiger partial charge is 0.461 e. The molecule has 114 valence electrons. The molecule has 0 saturated heterocycles. The van der Waals surface area contributed by atoms with Gasteiger partial charge in [0.25, 0.3) is 0 Å². The summed E-state index contributed by atoms with van der Waals surface area (Å²) in [5, 5.41) is 3.85. The van der Waals surface area contributed by atoms with Crippen LogP contribution >= 0.6 is 15.9 Å². The van der Waals surface area contributed by atoms with E-state index in [0.29, 0.717) is 27.8 Å². The molecule has 0 unspecified atom stereocenters. The van der Waals surface area contributed by atoms with Gasteiger partial charge in [0.2, 0.25) is 0 Å². The van der Waals surface area contributed by atoms with E-state index in [-0.39, 0.29) is 23.5 Å². The van der Waals surface area contributed by atoms with E-state index in [0.717, 1.165) is 18.4 Å². The highest BCUT2D eigenvalue weighted by Gasteiger charge is 2.51. The first-order valence-electron chi connectivity index (χ1n) is 7.22. The first-order chi connectivity index (χ1) is 10.6. The molecule has 0 atom stereocenters. The van der Waals surface area contributed by atoms with Crippen LogP contribution in [-0.2, 0) is 16.6 Å². The Hall–Kier alpha value is -1.69. The zero-order chi connectivity index (χ0) is 15.5. The van der Waals surface area contributed by atoms with Crippen molar-refractivity contribution in [3.05, 3.63) is 39.2 Å². The average molecular weight is 366 g/mol. The van der Waals surface area contributed by atoms with Crippen molar-refractivity contribution in [2.24, 2.45) is 0 Å². The van der Waals surface area contributed by atoms with Crippen LogP contribution in [0.3, 0.4) is 0 Å². The molecule has 0 bridgehead atoms. The number of nitrogens with zero attached hydrogens (tertiary/aromatic N) is 1. The fourth-order valence-electron chi connectivity index (χ4n) is 3.27. The first-order valence-corrected chi connectivity index (χ1v) is 8.01. The molecule has 1 saturated carbocycles. The summed E-state index contributed by atoms with van der Waals surface area (Å²) in [4.78, 5) is 12.0. The van der Waals surface area contributed by atoms with Gasteiger partial charge in [-0.15, -0.1) is 0 Å². The minimum atomic E-state index is -0.512. The van der Waals surface area contributed by atoms with Gasteiger partial charge in [0.1, 0.15) is 5.82 Å². The highest BCUT2D eigenvalue weighted by atomic mass is 79.9. The molecule has 1 aromatic carbocycles. The maximum atomic E-state index is 14.6. The number of carbonyl (C=O) groups is 1. The second-order valence-electron chi connectivity index (χ2n) is 5.80. The van der Waals surface area contributed by atoms with Crippen LogP contribution in [0.1, 0.15) is 41.4 Å². The van der Waals surface area contributed by atoms with Gasteiger partial charge in [-0.3, -0.25) is 0 Å². The Bertz CT molecular complexity index is 795. The number of aromatic nitrogens is 1. The Balaban J connectivity index is 1.94. The number of hydrogen-bond acceptors (Lipinski definition) is 4. The van der Waals surface area contributed by atoms with E-state index in [4.69, 9.17) is 9.26 Å². The van der Waals surface area contributed by atoms with Gasteiger partial charge in [-0.1, -0.05) is 11.2 Å². The molecule has 2 aromatic rings. The SMILES string of the molecule is CCOC(=O)c1noc2c1CC1(CC1)c1ccc(Br)c(F)c1-2. The first kappa shape index (κ1) is 13.9. The van der Waals surface area contributed by atoms with Crippen LogP contribution in [0, 0.1) is 5.82 Å². The summed E-state index contributed by atoms with van der Waals surface area (Å²) in [6.45, 7) is 2.00. The van der Waals surface area contributed by atoms with Crippen LogP contribution < -0.4 is 0 Å². The Morgan fingerprint density at radius 2 is 2.27 bits per heavy atom. The minimum Gasteiger partial charge on any atom is -0.461 e. The number of ether oxygens (including phenoxy) is 1. The summed E-state index contributed by atoms with van der Waals surface area (Å²) in [7, 11) is 0. The standard InChI is InChI=1S/C16H13BrFNO3/c1-2-21-15(20)13-8-7-16(5-6-16)9-3-4-10(17)12(18)11(9)14(8)22-19-13/h3-4H,2,5-7H2,1H3. The predicted molar refractivity (Wildman–Crippen MR) is 80.2 cm³/mol. The van der Waals surface area contributed by atoms with Gasteiger partial charge in [-0.2, -0.15) is 0 Å². The molecule has 2 aliphatic rings. The second kappa shape index (κ2) is 4.65. The second-order valence-corrected chi connectivity index (χ2v) is 6.65. The highest BCUT2D eigenvalue weighted by molar-refractivity contribution is 9.10. The van der Waals surface area contributed by atoms with Crippen LogP contribution in [0.4, 0.5) is 4.39 Å². The van der Waals surface area contributed by atoms with E-state index in [1.807, 2.05) is 6.07 Å². The van der Waals surface area contributed by atoms with Crippen LogP contribution in [0.15, 0.2) is 21.1 Å². The van der Waals surface area contributed by atoms with Crippen molar-refractivity contribution in [2.75, 3.05) is 6.61 Å². The van der Waals surface area contributed by atoms with Crippen molar-refractivity contribution in [2.45, 2.75) is 31.6 Å². The zero-order valence-electron chi connectivity index (χ0n) is 11.9. The van der Waals surface area contributed by atoms with E-state index in [2.05, 4.69) is 21.1 Å². The lowest BCUT2D eigenvalue weighted by atomic mass is 9.78. The molecular weight excluding hydrogens is 353 g/mol. The molecule has 1 fully saturated rings. The monoisotopic (exact) mass is 365 g/mol. The van der Waals surface area contributed by atoms with Crippen molar-refractivity contribution < 1.29 is 18.4 Å². The number of rotatable bonds is 2. The minimum absolute atomic E-state index is 0.0866. The van der Waals surface area contributed by atoms with Crippen molar-refractivity contribution in [3.63, 3.8) is 0 Å². The molecule has 4 rings (SSSR count). The van der Waals surface area contributed by atoms with Gasteiger partial charge < -0.3 is 9.26 Å². The summed E-state index contributed by atoms with van der Waals surface area (Å²) >= 11 is 3.22. The van der Waals surface area contributed by atoms with Gasteiger partial charge >= 0.3 is 5.97 Å². The Kier molecular flexibility index (Phi) is 2.95. The van der Waals surface area contributed by atoms with E-state index < -0.39 is 5.97 Å². The fraction of sp³-hybridized carbons (Fsp3) is 0.375. The van der Waals surface area contributed by atoms with Gasteiger partial charge in [0.05, 0.1) is 16.6 Å². The molecule has 22 heavy (non-hydrogen) atoms. The normalized spacial score (nSPS) is 17.0. The van der Waals surface area contributed by atoms with Crippen LogP contribution in [0.25, 0.3) is 11.3 Å². The molecule has 1 spiro atoms. The lowest BCUT2D eigenvalue weighted by Gasteiger charge is -2.24. The van der Waals surface area contributed by atoms with Crippen LogP contribution in [0.5, 0.6) is 0 Å². The van der Waals surface area contributed by atoms with Crippen molar-refractivity contribution in [1.82, 2.24) is 5.16 Å². The molecule has 4 nitrogen and oxygen atoms in total. The molecule has 0 amide bonds. The molecule has 1 aromatic heterocycles. The molecule has 6 heteroatoms. The third-order valence-corrected chi connectivity index (χ3v) is 5.13. The number of fused-ring (bicyclic) bond motifs is 4. The van der Waals surface area contributed by atoms with Crippen molar-refractivity contribution in [1.29, 1.82) is 0 Å². The predicted octanol–water partition coefficient (Wildman–Crippen LogP) is 4.01. The van der Waals surface area contributed by atoms with Crippen LogP contribution in [0.2, 0.25) is 0 Å². The summed E-state index contributed by atoms with van der Waals surface area (Å²) < 4.78 is 25.4. The molecule has 0 radical (unpaired) electrons. The van der Waals surface area contributed by atoms with Gasteiger partial charge in [0.15, 0.2) is 11.5 Å². The Morgan fingerprint density at radius 3 is 2.95 bits per heavy atom. The van der Waals surface area contributed by atoms with Crippen molar-refractivity contribution >= 4 is 21.9 Å². The molecule has 0 N–H and O–H groups in total. The number of hydrogen-bond donors (Lipinski definition) is 0. The summed E-state index contributed by atoms with van der Waals surface area (Å²) in [5.41, 5.74) is 2.13. The quantitative estimate of drug-likeness (QED) is 0.754. The smallest absolute Gasteiger partial charge is 0.360 e. The van der Waals surface area contributed by atoms with Gasteiger partial charge in [-0.05, 0) is 53.7 Å². The Labute approximate surface area is 134 Å². The highest BCUT2D eigenvalue weighted by Crippen LogP contribution is 2.58. The number of esters is 1. The zero-order valence-corrected chi connectivity index (χ0v) is 13.5. The van der Waals surface area contributed by atoms with E-state index >= 15 is 0 Å². The molecular formula is C16H13BrFNO3. The Morgan fingerprint density at radius 1 is 1.50 bits per heavy atom. The summed E-state index contributed by atoms with van der Waals surface area (Å²) in [6.07, 6.45) is 2.61. The maximum Gasteiger partial charge on any atom is 0.360 e. The topological polar surface area (TPSA) is 52.3 Å². The summed E-state index contributed by atoms with van der Waals surface area (Å²) in [5.74, 6) is -0.521. The van der Waals surface area contributed by atoms with E-state index in [9.17, 15) is 9.18 Å². The third kappa shape index (κ3) is 1.79. The van der Waals surface area contributed by atoms with Crippen molar-refractivity contribution in [3.8, 4) is 11.3 Å². The summed E-state index contributed by atoms with van der Waals surface area (Å²) in [6, 6.07) is 3.66. The lowest BCUT2D eigenvalue weighted by molar-refractivity contribution is 0.0513. The van der Waals surface area contributed by atoms with Gasteiger partial charge in [0, 0.05) is 11.0 Å². The number of carbonyl (C=O) groups excluding carboxylic acids is 1.